The van der Waals surface area contributed by atoms with E-state index in [0.29, 0.717) is 33.0 Å². The fourth-order valence-corrected chi connectivity index (χ4v) is 4.40. The van der Waals surface area contributed by atoms with Crippen LogP contribution in [0, 0.1) is 13.8 Å². The molecule has 0 spiro atoms. The number of hydrogen-bond acceptors (Lipinski definition) is 5. The number of nitrogens with one attached hydrogen (secondary N) is 1. The zero-order valence-corrected chi connectivity index (χ0v) is 17.6. The van der Waals surface area contributed by atoms with E-state index in [1.807, 2.05) is 44.2 Å². The van der Waals surface area contributed by atoms with Crippen molar-refractivity contribution in [3.05, 3.63) is 57.0 Å². The summed E-state index contributed by atoms with van der Waals surface area (Å²) in [5, 5.41) is 3.44. The van der Waals surface area contributed by atoms with Gasteiger partial charge in [-0.3, -0.25) is 14.2 Å². The van der Waals surface area contributed by atoms with Gasteiger partial charge in [0.2, 0.25) is 0 Å². The minimum Gasteiger partial charge on any atom is -0.321 e. The number of anilines is 1. The maximum Gasteiger partial charge on any atom is 0.266 e. The summed E-state index contributed by atoms with van der Waals surface area (Å²) in [4.78, 5) is 33.9. The van der Waals surface area contributed by atoms with Crippen LogP contribution in [0.15, 0.2) is 35.1 Å². The van der Waals surface area contributed by atoms with Gasteiger partial charge in [-0.15, -0.1) is 11.3 Å². The van der Waals surface area contributed by atoms with Crippen LogP contribution in [0.5, 0.6) is 0 Å². The van der Waals surface area contributed by atoms with Gasteiger partial charge in [-0.25, -0.2) is 4.98 Å². The molecule has 1 amide bonds. The molecule has 7 heteroatoms. The molecule has 6 nitrogen and oxygen atoms in total. The lowest BCUT2D eigenvalue weighted by Crippen LogP contribution is -2.32. The molecule has 148 valence electrons. The Labute approximate surface area is 168 Å². The molecule has 0 fully saturated rings. The third-order valence-corrected chi connectivity index (χ3v) is 6.20. The van der Waals surface area contributed by atoms with Gasteiger partial charge in [0.25, 0.3) is 11.5 Å². The monoisotopic (exact) mass is 398 g/mol. The third kappa shape index (κ3) is 4.00. The molecule has 2 aromatic heterocycles. The first-order chi connectivity index (χ1) is 13.5. The molecule has 0 aliphatic heterocycles. The van der Waals surface area contributed by atoms with Crippen molar-refractivity contribution in [1.29, 1.82) is 0 Å². The van der Waals surface area contributed by atoms with Gasteiger partial charge in [-0.2, -0.15) is 0 Å². The van der Waals surface area contributed by atoms with Crippen LogP contribution in [0.1, 0.15) is 34.9 Å². The van der Waals surface area contributed by atoms with Crippen LogP contribution in [0.3, 0.4) is 0 Å². The van der Waals surface area contributed by atoms with Crippen LogP contribution < -0.4 is 10.9 Å². The van der Waals surface area contributed by atoms with Gasteiger partial charge in [0.05, 0.1) is 10.3 Å². The number of aromatic nitrogens is 2. The van der Waals surface area contributed by atoms with Crippen molar-refractivity contribution in [1.82, 2.24) is 14.5 Å². The fraction of sp³-hybridized carbons (Fsp3) is 0.381. The summed E-state index contributed by atoms with van der Waals surface area (Å²) in [6, 6.07) is 9.31. The van der Waals surface area contributed by atoms with Gasteiger partial charge in [0.15, 0.2) is 0 Å². The van der Waals surface area contributed by atoms with E-state index in [4.69, 9.17) is 0 Å². The first kappa shape index (κ1) is 20.2. The van der Waals surface area contributed by atoms with Crippen molar-refractivity contribution in [2.24, 2.45) is 0 Å². The summed E-state index contributed by atoms with van der Waals surface area (Å²) in [6.45, 7) is 11.2. The average molecular weight is 399 g/mol. The van der Waals surface area contributed by atoms with Gasteiger partial charge >= 0.3 is 0 Å². The number of carbonyl (C=O) groups excluding carboxylic acids is 1. The quantitative estimate of drug-likeness (QED) is 0.659. The maximum absolute atomic E-state index is 13.1. The molecule has 1 aromatic carbocycles. The van der Waals surface area contributed by atoms with Gasteiger partial charge in [-0.05, 0) is 44.6 Å². The zero-order chi connectivity index (χ0) is 20.3. The van der Waals surface area contributed by atoms with E-state index in [-0.39, 0.29) is 11.5 Å². The molecule has 3 rings (SSSR count). The number of nitrogens with zero attached hydrogens (tertiary/aromatic N) is 3. The van der Waals surface area contributed by atoms with Crippen molar-refractivity contribution in [2.45, 2.75) is 34.2 Å². The molecule has 28 heavy (non-hydrogen) atoms. The second-order valence-corrected chi connectivity index (χ2v) is 7.70. The molecular formula is C21H26N4O2S. The van der Waals surface area contributed by atoms with Crippen molar-refractivity contribution < 1.29 is 4.79 Å². The van der Waals surface area contributed by atoms with Crippen molar-refractivity contribution >= 4 is 33.1 Å². The largest absolute Gasteiger partial charge is 0.321 e. The number of likely N-dealkylation sites (N-methyl/N-ethyl adjacent to an activating group) is 1. The summed E-state index contributed by atoms with van der Waals surface area (Å²) >= 11 is 1.27. The molecule has 0 aliphatic carbocycles. The highest BCUT2D eigenvalue weighted by molar-refractivity contribution is 7.20. The zero-order valence-electron chi connectivity index (χ0n) is 16.8. The van der Waals surface area contributed by atoms with Crippen LogP contribution in [0.4, 0.5) is 5.69 Å². The van der Waals surface area contributed by atoms with E-state index < -0.39 is 0 Å². The van der Waals surface area contributed by atoms with Crippen molar-refractivity contribution in [2.75, 3.05) is 25.0 Å². The Bertz CT molecular complexity index is 1040. The Morgan fingerprint density at radius 1 is 1.18 bits per heavy atom. The second kappa shape index (κ2) is 8.67. The summed E-state index contributed by atoms with van der Waals surface area (Å²) in [7, 11) is 0. The summed E-state index contributed by atoms with van der Waals surface area (Å²) < 4.78 is 1.72. The van der Waals surface area contributed by atoms with Crippen molar-refractivity contribution in [3.63, 3.8) is 0 Å². The van der Waals surface area contributed by atoms with Crippen LogP contribution in [0.2, 0.25) is 0 Å². The first-order valence-corrected chi connectivity index (χ1v) is 10.4. The number of amides is 1. The molecule has 0 saturated heterocycles. The number of rotatable bonds is 7. The lowest BCUT2D eigenvalue weighted by molar-refractivity contribution is 0.103. The minimum atomic E-state index is -0.210. The van der Waals surface area contributed by atoms with E-state index in [2.05, 4.69) is 29.0 Å². The molecule has 0 unspecified atom stereocenters. The Kier molecular flexibility index (Phi) is 6.26. The smallest absolute Gasteiger partial charge is 0.266 e. The number of aryl methyl sites for hydroxylation is 2. The lowest BCUT2D eigenvalue weighted by atomic mass is 10.2. The second-order valence-electron chi connectivity index (χ2n) is 6.70. The SMILES string of the molecule is CCN(CC)CCn1c(C)nc2sc(C(=O)Nc3ccccc3)c(C)c2c1=O. The number of carbonyl (C=O) groups is 1. The summed E-state index contributed by atoms with van der Waals surface area (Å²) in [5.41, 5.74) is 1.36. The molecule has 0 atom stereocenters. The topological polar surface area (TPSA) is 67.2 Å². The molecule has 2 heterocycles. The predicted molar refractivity (Wildman–Crippen MR) is 116 cm³/mol. The Balaban J connectivity index is 1.95. The Morgan fingerprint density at radius 2 is 1.86 bits per heavy atom. The van der Waals surface area contributed by atoms with Crippen LogP contribution in [0.25, 0.3) is 10.2 Å². The van der Waals surface area contributed by atoms with E-state index >= 15 is 0 Å². The Morgan fingerprint density at radius 3 is 2.50 bits per heavy atom. The maximum atomic E-state index is 13.1. The van der Waals surface area contributed by atoms with E-state index in [9.17, 15) is 9.59 Å². The highest BCUT2D eigenvalue weighted by Crippen LogP contribution is 2.28. The molecule has 1 N–H and O–H groups in total. The van der Waals surface area contributed by atoms with Gasteiger partial charge < -0.3 is 10.2 Å². The number of para-hydroxylation sites is 1. The van der Waals surface area contributed by atoms with Gasteiger partial charge in [0, 0.05) is 18.8 Å². The fourth-order valence-electron chi connectivity index (χ4n) is 3.29. The number of benzene rings is 1. The van der Waals surface area contributed by atoms with E-state index in [1.165, 1.54) is 11.3 Å². The highest BCUT2D eigenvalue weighted by atomic mass is 32.1. The molecule has 3 aromatic rings. The standard InChI is InChI=1S/C21H26N4O2S/c1-5-24(6-2)12-13-25-15(4)22-20-17(21(25)27)14(3)18(28-20)19(26)23-16-10-8-7-9-11-16/h7-11H,5-6,12-13H2,1-4H3,(H,23,26). The van der Waals surface area contributed by atoms with Gasteiger partial charge in [-0.1, -0.05) is 32.0 Å². The van der Waals surface area contributed by atoms with Crippen LogP contribution in [-0.2, 0) is 6.54 Å². The molecule has 0 aliphatic rings. The highest BCUT2D eigenvalue weighted by Gasteiger charge is 2.21. The molecule has 0 radical (unpaired) electrons. The number of hydrogen-bond donors (Lipinski definition) is 1. The van der Waals surface area contributed by atoms with E-state index in [0.717, 1.165) is 25.3 Å². The average Bonchev–Trinajstić information content (AvgIpc) is 3.02. The molecule has 0 bridgehead atoms. The first-order valence-electron chi connectivity index (χ1n) is 9.55. The molecular weight excluding hydrogens is 372 g/mol. The third-order valence-electron chi connectivity index (χ3n) is 5.01. The minimum absolute atomic E-state index is 0.0674. The summed E-state index contributed by atoms with van der Waals surface area (Å²) in [6.07, 6.45) is 0. The normalized spacial score (nSPS) is 11.3. The van der Waals surface area contributed by atoms with Gasteiger partial charge in [0.1, 0.15) is 10.7 Å². The lowest BCUT2D eigenvalue weighted by Gasteiger charge is -2.19. The van der Waals surface area contributed by atoms with E-state index in [1.54, 1.807) is 4.57 Å². The van der Waals surface area contributed by atoms with Crippen molar-refractivity contribution in [3.8, 4) is 0 Å². The number of fused-ring (bicyclic) bond motifs is 1. The summed E-state index contributed by atoms with van der Waals surface area (Å²) in [5.74, 6) is 0.472. The number of thiophene rings is 1. The molecule has 0 saturated carbocycles. The Hall–Kier alpha value is -2.51. The van der Waals surface area contributed by atoms with Crippen LogP contribution in [-0.4, -0.2) is 40.0 Å². The predicted octanol–water partition coefficient (Wildman–Crippen LogP) is 3.67. The van der Waals surface area contributed by atoms with Crippen LogP contribution >= 0.6 is 11.3 Å².